The van der Waals surface area contributed by atoms with Crippen molar-refractivity contribution in [2.75, 3.05) is 6.61 Å². The standard InChI is InChI=1S/C6H10O3.2H2N.Pt/c7-4-6(5(8)9)2-1-3-6;;;/h7H,1-4H2,(H,8,9);2*1H2;/q;2*-1;+2. The molecule has 6 heteroatoms. The summed E-state index contributed by atoms with van der Waals surface area (Å²) in [6, 6.07) is 0. The Bertz CT molecular complexity index is 133. The van der Waals surface area contributed by atoms with E-state index in [1.54, 1.807) is 0 Å². The first-order valence-corrected chi connectivity index (χ1v) is 3.05. The van der Waals surface area contributed by atoms with E-state index in [-0.39, 0.29) is 40.0 Å². The molecule has 6 N–H and O–H groups in total. The van der Waals surface area contributed by atoms with Crippen LogP contribution in [0.1, 0.15) is 19.3 Å². The third-order valence-corrected chi connectivity index (χ3v) is 2.07. The summed E-state index contributed by atoms with van der Waals surface area (Å²) < 4.78 is 0. The molecule has 0 aromatic carbocycles. The molecule has 1 rings (SSSR count). The molecule has 0 radical (unpaired) electrons. The van der Waals surface area contributed by atoms with Crippen LogP contribution < -0.4 is 0 Å². The Hall–Kier alpha value is 0.0383. The molecule has 0 aromatic rings. The van der Waals surface area contributed by atoms with Gasteiger partial charge in [-0.2, -0.15) is 0 Å². The minimum atomic E-state index is -0.851. The van der Waals surface area contributed by atoms with Gasteiger partial charge in [-0.05, 0) is 12.8 Å². The molecule has 0 unspecified atom stereocenters. The van der Waals surface area contributed by atoms with Crippen LogP contribution in [-0.2, 0) is 25.9 Å². The summed E-state index contributed by atoms with van der Waals surface area (Å²) in [7, 11) is 0. The first-order chi connectivity index (χ1) is 4.21. The minimum Gasteiger partial charge on any atom is -0.693 e. The fourth-order valence-corrected chi connectivity index (χ4v) is 1.04. The largest absolute Gasteiger partial charge is 2.00 e. The molecule has 0 aromatic heterocycles. The summed E-state index contributed by atoms with van der Waals surface area (Å²) in [5.41, 5.74) is -0.764. The van der Waals surface area contributed by atoms with Gasteiger partial charge in [-0.3, -0.25) is 4.79 Å². The second-order valence-corrected chi connectivity index (χ2v) is 2.60. The van der Waals surface area contributed by atoms with Crippen LogP contribution in [0.5, 0.6) is 0 Å². The van der Waals surface area contributed by atoms with Gasteiger partial charge >= 0.3 is 27.0 Å². The Morgan fingerprint density at radius 2 is 1.75 bits per heavy atom. The second-order valence-electron chi connectivity index (χ2n) is 2.60. The van der Waals surface area contributed by atoms with E-state index in [4.69, 9.17) is 10.2 Å². The molecular formula is C6H14N2O3Pt. The Kier molecular flexibility index (Phi) is 9.79. The number of carboxylic acid groups (broad SMARTS) is 1. The zero-order valence-corrected chi connectivity index (χ0v) is 8.87. The molecular weight excluding hydrogens is 343 g/mol. The number of aliphatic hydroxyl groups is 1. The maximum atomic E-state index is 10.4. The molecule has 0 heterocycles. The maximum absolute atomic E-state index is 10.4. The van der Waals surface area contributed by atoms with Crippen LogP contribution in [0.25, 0.3) is 12.3 Å². The number of hydrogen-bond donors (Lipinski definition) is 2. The zero-order chi connectivity index (χ0) is 6.91. The normalized spacial score (nSPS) is 17.1. The van der Waals surface area contributed by atoms with Gasteiger partial charge in [0.15, 0.2) is 0 Å². The smallest absolute Gasteiger partial charge is 0.693 e. The second kappa shape index (κ2) is 6.54. The van der Waals surface area contributed by atoms with Crippen molar-refractivity contribution in [1.82, 2.24) is 0 Å². The van der Waals surface area contributed by atoms with Crippen LogP contribution in [0, 0.1) is 5.41 Å². The summed E-state index contributed by atoms with van der Waals surface area (Å²) >= 11 is 0. The van der Waals surface area contributed by atoms with E-state index in [1.807, 2.05) is 0 Å². The van der Waals surface area contributed by atoms with E-state index in [0.717, 1.165) is 6.42 Å². The van der Waals surface area contributed by atoms with Gasteiger partial charge in [-0.25, -0.2) is 0 Å². The van der Waals surface area contributed by atoms with Gasteiger partial charge in [-0.1, -0.05) is 6.42 Å². The summed E-state index contributed by atoms with van der Waals surface area (Å²) in [4.78, 5) is 10.4. The van der Waals surface area contributed by atoms with Crippen molar-refractivity contribution in [2.45, 2.75) is 19.3 Å². The van der Waals surface area contributed by atoms with Gasteiger partial charge in [0.25, 0.3) is 0 Å². The number of nitrogens with two attached hydrogens (primary N) is 2. The van der Waals surface area contributed by atoms with Crippen LogP contribution in [0.2, 0.25) is 0 Å². The zero-order valence-electron chi connectivity index (χ0n) is 6.60. The topological polar surface area (TPSA) is 125 Å². The number of aliphatic carboxylic acids is 1. The van der Waals surface area contributed by atoms with Crippen LogP contribution in [0.3, 0.4) is 0 Å². The molecule has 0 aliphatic heterocycles. The average Bonchev–Trinajstić information content (AvgIpc) is 1.62. The van der Waals surface area contributed by atoms with Crippen LogP contribution >= 0.6 is 0 Å². The number of carboxylic acids is 1. The Balaban J connectivity index is -0.000000270. The number of carbonyl (C=O) groups is 1. The number of rotatable bonds is 2. The van der Waals surface area contributed by atoms with Crippen molar-refractivity contribution in [3.63, 3.8) is 0 Å². The molecule has 0 spiro atoms. The molecule has 1 aliphatic rings. The third-order valence-electron chi connectivity index (χ3n) is 2.07. The van der Waals surface area contributed by atoms with E-state index >= 15 is 0 Å². The monoisotopic (exact) mass is 357 g/mol. The molecule has 76 valence electrons. The summed E-state index contributed by atoms with van der Waals surface area (Å²) in [6.45, 7) is -0.206. The fourth-order valence-electron chi connectivity index (χ4n) is 1.04. The number of aliphatic hydroxyl groups excluding tert-OH is 1. The van der Waals surface area contributed by atoms with E-state index < -0.39 is 11.4 Å². The van der Waals surface area contributed by atoms with Crippen LogP contribution in [-0.4, -0.2) is 22.8 Å². The molecule has 0 bridgehead atoms. The minimum absolute atomic E-state index is 0. The van der Waals surface area contributed by atoms with Crippen molar-refractivity contribution >= 4 is 5.97 Å². The van der Waals surface area contributed by atoms with Crippen molar-refractivity contribution < 1.29 is 36.1 Å². The van der Waals surface area contributed by atoms with Crippen LogP contribution in [0.4, 0.5) is 0 Å². The van der Waals surface area contributed by atoms with Gasteiger partial charge in [0.1, 0.15) is 0 Å². The van der Waals surface area contributed by atoms with Gasteiger partial charge in [0, 0.05) is 0 Å². The van der Waals surface area contributed by atoms with Crippen molar-refractivity contribution in [2.24, 2.45) is 5.41 Å². The summed E-state index contributed by atoms with van der Waals surface area (Å²) in [6.07, 6.45) is 2.21. The van der Waals surface area contributed by atoms with Gasteiger partial charge < -0.3 is 22.5 Å². The van der Waals surface area contributed by atoms with Crippen molar-refractivity contribution in [3.05, 3.63) is 12.3 Å². The molecule has 0 saturated heterocycles. The fraction of sp³-hybridized carbons (Fsp3) is 0.833. The molecule has 1 saturated carbocycles. The van der Waals surface area contributed by atoms with E-state index in [9.17, 15) is 4.79 Å². The molecule has 5 nitrogen and oxygen atoms in total. The molecule has 0 amide bonds. The van der Waals surface area contributed by atoms with Crippen molar-refractivity contribution in [1.29, 1.82) is 0 Å². The van der Waals surface area contributed by atoms with E-state index in [2.05, 4.69) is 0 Å². The quantitative estimate of drug-likeness (QED) is 0.781. The molecule has 1 fully saturated rings. The Morgan fingerprint density at radius 3 is 1.75 bits per heavy atom. The molecule has 12 heavy (non-hydrogen) atoms. The van der Waals surface area contributed by atoms with Gasteiger partial charge in [0.05, 0.1) is 12.0 Å². The predicted molar refractivity (Wildman–Crippen MR) is 41.6 cm³/mol. The Labute approximate surface area is 86.0 Å². The summed E-state index contributed by atoms with van der Waals surface area (Å²) in [5, 5.41) is 17.1. The first-order valence-electron chi connectivity index (χ1n) is 3.05. The Morgan fingerprint density at radius 1 is 1.33 bits per heavy atom. The predicted octanol–water partition coefficient (Wildman–Crippen LogP) is 1.67. The van der Waals surface area contributed by atoms with E-state index in [1.165, 1.54) is 0 Å². The van der Waals surface area contributed by atoms with Crippen LogP contribution in [0.15, 0.2) is 0 Å². The van der Waals surface area contributed by atoms with Gasteiger partial charge in [0.2, 0.25) is 0 Å². The maximum Gasteiger partial charge on any atom is 2.00 e. The SMILES string of the molecule is O=C(O)C1(CO)CCC1.[NH2-].[NH2-].[Pt+2]. The molecule has 1 aliphatic carbocycles. The first kappa shape index (κ1) is 18.0. The van der Waals surface area contributed by atoms with Crippen molar-refractivity contribution in [3.8, 4) is 0 Å². The van der Waals surface area contributed by atoms with E-state index in [0.29, 0.717) is 12.8 Å². The molecule has 0 atom stereocenters. The van der Waals surface area contributed by atoms with Gasteiger partial charge in [-0.15, -0.1) is 0 Å². The average molecular weight is 357 g/mol. The number of hydrogen-bond acceptors (Lipinski definition) is 2. The third kappa shape index (κ3) is 2.82. The summed E-state index contributed by atoms with van der Waals surface area (Å²) in [5.74, 6) is -0.851.